The summed E-state index contributed by atoms with van der Waals surface area (Å²) in [5.74, 6) is -0.295. The van der Waals surface area contributed by atoms with Gasteiger partial charge in [-0.1, -0.05) is 18.5 Å². The lowest BCUT2D eigenvalue weighted by atomic mass is 10.2. The zero-order chi connectivity index (χ0) is 14.5. The van der Waals surface area contributed by atoms with Crippen LogP contribution >= 0.6 is 11.6 Å². The maximum atomic E-state index is 12.0. The van der Waals surface area contributed by atoms with Gasteiger partial charge in [-0.2, -0.15) is 0 Å². The number of aryl methyl sites for hydroxylation is 1. The standard InChI is InChI=1S/C14H14ClN3O2/c1-2-7-18-9-11(3-4-13(18)19)17-14(20)10-5-6-16-12(15)8-10/h3-6,8-9H,2,7H2,1H3,(H,17,20). The van der Waals surface area contributed by atoms with Crippen LogP contribution in [0.15, 0.2) is 41.5 Å². The van der Waals surface area contributed by atoms with E-state index in [4.69, 9.17) is 11.6 Å². The lowest BCUT2D eigenvalue weighted by molar-refractivity contribution is 0.102. The third-order valence-corrected chi connectivity index (χ3v) is 2.90. The minimum absolute atomic E-state index is 0.0863. The minimum atomic E-state index is -0.295. The number of nitrogens with one attached hydrogen (secondary N) is 1. The molecule has 104 valence electrons. The fourth-order valence-electron chi connectivity index (χ4n) is 1.77. The molecule has 1 N–H and O–H groups in total. The molecule has 0 radical (unpaired) electrons. The van der Waals surface area contributed by atoms with Crippen LogP contribution in [-0.2, 0) is 6.54 Å². The van der Waals surface area contributed by atoms with Gasteiger partial charge in [-0.15, -0.1) is 0 Å². The first-order chi connectivity index (χ1) is 9.60. The van der Waals surface area contributed by atoms with Gasteiger partial charge in [-0.3, -0.25) is 9.59 Å². The highest BCUT2D eigenvalue weighted by atomic mass is 35.5. The highest BCUT2D eigenvalue weighted by Crippen LogP contribution is 2.10. The molecule has 5 nitrogen and oxygen atoms in total. The first-order valence-electron chi connectivity index (χ1n) is 6.23. The van der Waals surface area contributed by atoms with Gasteiger partial charge in [0, 0.05) is 30.6 Å². The number of carbonyl (C=O) groups is 1. The van der Waals surface area contributed by atoms with Gasteiger partial charge in [0.1, 0.15) is 5.15 Å². The fraction of sp³-hybridized carbons (Fsp3) is 0.214. The number of hydrogen-bond acceptors (Lipinski definition) is 3. The van der Waals surface area contributed by atoms with Crippen molar-refractivity contribution in [3.63, 3.8) is 0 Å². The molecular weight excluding hydrogens is 278 g/mol. The summed E-state index contributed by atoms with van der Waals surface area (Å²) in [6, 6.07) is 6.07. The van der Waals surface area contributed by atoms with Gasteiger partial charge in [0.25, 0.3) is 11.5 Å². The van der Waals surface area contributed by atoms with E-state index >= 15 is 0 Å². The molecule has 1 amide bonds. The lowest BCUT2D eigenvalue weighted by Gasteiger charge is -2.08. The average molecular weight is 292 g/mol. The number of amides is 1. The summed E-state index contributed by atoms with van der Waals surface area (Å²) >= 11 is 5.74. The van der Waals surface area contributed by atoms with Crippen molar-refractivity contribution < 1.29 is 4.79 Å². The molecule has 0 aliphatic carbocycles. The third kappa shape index (κ3) is 3.45. The predicted molar refractivity (Wildman–Crippen MR) is 78.2 cm³/mol. The highest BCUT2D eigenvalue weighted by molar-refractivity contribution is 6.29. The zero-order valence-electron chi connectivity index (χ0n) is 11.0. The van der Waals surface area contributed by atoms with Crippen LogP contribution in [-0.4, -0.2) is 15.5 Å². The molecule has 0 saturated heterocycles. The van der Waals surface area contributed by atoms with E-state index in [-0.39, 0.29) is 16.6 Å². The van der Waals surface area contributed by atoms with Gasteiger partial charge in [-0.05, 0) is 24.6 Å². The van der Waals surface area contributed by atoms with E-state index in [0.29, 0.717) is 17.8 Å². The van der Waals surface area contributed by atoms with Gasteiger partial charge in [0.2, 0.25) is 0 Å². The van der Waals surface area contributed by atoms with E-state index in [1.54, 1.807) is 22.9 Å². The number of halogens is 1. The van der Waals surface area contributed by atoms with Crippen LogP contribution in [0.1, 0.15) is 23.7 Å². The third-order valence-electron chi connectivity index (χ3n) is 2.69. The smallest absolute Gasteiger partial charge is 0.255 e. The number of hydrogen-bond donors (Lipinski definition) is 1. The summed E-state index contributed by atoms with van der Waals surface area (Å²) < 4.78 is 1.56. The number of carbonyl (C=O) groups excluding carboxylic acids is 1. The van der Waals surface area contributed by atoms with Crippen LogP contribution in [0, 0.1) is 0 Å². The SMILES string of the molecule is CCCn1cc(NC(=O)c2ccnc(Cl)c2)ccc1=O. The summed E-state index contributed by atoms with van der Waals surface area (Å²) in [6.07, 6.45) is 3.94. The van der Waals surface area contributed by atoms with E-state index in [0.717, 1.165) is 6.42 Å². The van der Waals surface area contributed by atoms with Crippen molar-refractivity contribution in [3.05, 3.63) is 57.7 Å². The Labute approximate surface area is 121 Å². The summed E-state index contributed by atoms with van der Waals surface area (Å²) in [5.41, 5.74) is 0.894. The van der Waals surface area contributed by atoms with E-state index in [1.165, 1.54) is 18.3 Å². The molecule has 2 aromatic rings. The Morgan fingerprint density at radius 1 is 1.40 bits per heavy atom. The molecule has 0 aliphatic rings. The summed E-state index contributed by atoms with van der Waals surface area (Å²) in [4.78, 5) is 27.4. The van der Waals surface area contributed by atoms with E-state index in [1.807, 2.05) is 6.92 Å². The molecule has 0 unspecified atom stereocenters. The molecule has 6 heteroatoms. The molecule has 0 fully saturated rings. The van der Waals surface area contributed by atoms with Crippen LogP contribution < -0.4 is 10.9 Å². The van der Waals surface area contributed by atoms with Crippen LogP contribution in [0.25, 0.3) is 0 Å². The van der Waals surface area contributed by atoms with Crippen molar-refractivity contribution in [1.82, 2.24) is 9.55 Å². The maximum Gasteiger partial charge on any atom is 0.255 e. The number of nitrogens with zero attached hydrogens (tertiary/aromatic N) is 2. The normalized spacial score (nSPS) is 10.3. The second-order valence-electron chi connectivity index (χ2n) is 4.27. The Hall–Kier alpha value is -2.14. The van der Waals surface area contributed by atoms with Gasteiger partial charge >= 0.3 is 0 Å². The molecule has 0 bridgehead atoms. The predicted octanol–water partition coefficient (Wildman–Crippen LogP) is 2.56. The van der Waals surface area contributed by atoms with Gasteiger partial charge in [0.15, 0.2) is 0 Å². The molecule has 0 saturated carbocycles. The van der Waals surface area contributed by atoms with Crippen molar-refractivity contribution in [3.8, 4) is 0 Å². The summed E-state index contributed by atoms with van der Waals surface area (Å²) in [5, 5.41) is 2.98. The Balaban J connectivity index is 2.19. The lowest BCUT2D eigenvalue weighted by Crippen LogP contribution is -2.20. The summed E-state index contributed by atoms with van der Waals surface area (Å²) in [6.45, 7) is 2.60. The van der Waals surface area contributed by atoms with Crippen molar-refractivity contribution in [1.29, 1.82) is 0 Å². The maximum absolute atomic E-state index is 12.0. The van der Waals surface area contributed by atoms with Gasteiger partial charge in [0.05, 0.1) is 5.69 Å². The van der Waals surface area contributed by atoms with Crippen LogP contribution in [0.5, 0.6) is 0 Å². The van der Waals surface area contributed by atoms with Gasteiger partial charge < -0.3 is 9.88 Å². The monoisotopic (exact) mass is 291 g/mol. The van der Waals surface area contributed by atoms with E-state index in [2.05, 4.69) is 10.3 Å². The second-order valence-corrected chi connectivity index (χ2v) is 4.66. The molecule has 0 aliphatic heterocycles. The number of aromatic nitrogens is 2. The second kappa shape index (κ2) is 6.34. The molecule has 2 heterocycles. The molecule has 2 aromatic heterocycles. The summed E-state index contributed by atoms with van der Waals surface area (Å²) in [7, 11) is 0. The molecular formula is C14H14ClN3O2. The number of pyridine rings is 2. The van der Waals surface area contributed by atoms with Crippen molar-refractivity contribution in [2.24, 2.45) is 0 Å². The Kier molecular flexibility index (Phi) is 4.53. The Morgan fingerprint density at radius 2 is 2.20 bits per heavy atom. The largest absolute Gasteiger partial charge is 0.321 e. The van der Waals surface area contributed by atoms with Crippen molar-refractivity contribution in [2.45, 2.75) is 19.9 Å². The van der Waals surface area contributed by atoms with Crippen LogP contribution in [0.4, 0.5) is 5.69 Å². The Bertz CT molecular complexity index is 682. The quantitative estimate of drug-likeness (QED) is 0.881. The molecule has 0 atom stereocenters. The Morgan fingerprint density at radius 3 is 2.90 bits per heavy atom. The van der Waals surface area contributed by atoms with Crippen molar-refractivity contribution in [2.75, 3.05) is 5.32 Å². The van der Waals surface area contributed by atoms with E-state index < -0.39 is 0 Å². The molecule has 20 heavy (non-hydrogen) atoms. The number of rotatable bonds is 4. The van der Waals surface area contributed by atoms with Crippen LogP contribution in [0.2, 0.25) is 5.15 Å². The zero-order valence-corrected chi connectivity index (χ0v) is 11.7. The van der Waals surface area contributed by atoms with Gasteiger partial charge in [-0.25, -0.2) is 4.98 Å². The molecule has 0 aromatic carbocycles. The fourth-order valence-corrected chi connectivity index (χ4v) is 1.94. The molecule has 0 spiro atoms. The average Bonchev–Trinajstić information content (AvgIpc) is 2.43. The van der Waals surface area contributed by atoms with Crippen molar-refractivity contribution >= 4 is 23.2 Å². The minimum Gasteiger partial charge on any atom is -0.321 e. The number of anilines is 1. The molecule has 2 rings (SSSR count). The highest BCUT2D eigenvalue weighted by Gasteiger charge is 2.07. The topological polar surface area (TPSA) is 64.0 Å². The van der Waals surface area contributed by atoms with E-state index in [9.17, 15) is 9.59 Å². The first kappa shape index (κ1) is 14.3. The van der Waals surface area contributed by atoms with Crippen LogP contribution in [0.3, 0.4) is 0 Å². The first-order valence-corrected chi connectivity index (χ1v) is 6.61.